The first-order valence-corrected chi connectivity index (χ1v) is 14.0. The maximum absolute atomic E-state index is 13.3. The van der Waals surface area contributed by atoms with Crippen LogP contribution in [0.2, 0.25) is 0 Å². The molecule has 42 heavy (non-hydrogen) atoms. The lowest BCUT2D eigenvalue weighted by Crippen LogP contribution is -2.51. The second kappa shape index (κ2) is 13.3. The Labute approximate surface area is 243 Å². The number of pyridine rings is 1. The summed E-state index contributed by atoms with van der Waals surface area (Å²) in [7, 11) is 0. The van der Waals surface area contributed by atoms with E-state index in [1.165, 1.54) is 6.20 Å². The summed E-state index contributed by atoms with van der Waals surface area (Å²) in [6.07, 6.45) is 4.04. The molecule has 0 spiro atoms. The molecule has 0 aliphatic carbocycles. The molecule has 5 rings (SSSR count). The van der Waals surface area contributed by atoms with Gasteiger partial charge in [0.2, 0.25) is 0 Å². The summed E-state index contributed by atoms with van der Waals surface area (Å²) in [5, 5.41) is 15.2. The fourth-order valence-corrected chi connectivity index (χ4v) is 5.23. The zero-order chi connectivity index (χ0) is 29.5. The first-order valence-electron chi connectivity index (χ1n) is 14.0. The Balaban J connectivity index is 1.37. The van der Waals surface area contributed by atoms with E-state index in [2.05, 4.69) is 20.5 Å². The number of ether oxygens (including phenoxy) is 1. The van der Waals surface area contributed by atoms with Crippen molar-refractivity contribution in [1.82, 2.24) is 15.2 Å². The van der Waals surface area contributed by atoms with Gasteiger partial charge in [-0.15, -0.1) is 0 Å². The predicted octanol–water partition coefficient (Wildman–Crippen LogP) is 3.11. The van der Waals surface area contributed by atoms with Gasteiger partial charge in [0.15, 0.2) is 0 Å². The lowest BCUT2D eigenvalue weighted by molar-refractivity contribution is -0.141. The number of carbonyl (C=O) groups is 4. The number of anilines is 2. The molecule has 2 aliphatic rings. The van der Waals surface area contributed by atoms with Crippen LogP contribution in [0.15, 0.2) is 73.1 Å². The van der Waals surface area contributed by atoms with Crippen LogP contribution in [0.1, 0.15) is 51.6 Å². The molecular formula is C31H33N5O6. The highest BCUT2D eigenvalue weighted by Gasteiger charge is 2.31. The van der Waals surface area contributed by atoms with E-state index in [1.807, 2.05) is 11.0 Å². The molecule has 0 radical (unpaired) electrons. The summed E-state index contributed by atoms with van der Waals surface area (Å²) in [5.74, 6) is -1.87. The number of hydrogen-bond donors (Lipinski definition) is 3. The van der Waals surface area contributed by atoms with Gasteiger partial charge in [-0.3, -0.25) is 24.2 Å². The Bertz CT molecular complexity index is 1420. The van der Waals surface area contributed by atoms with Crippen LogP contribution >= 0.6 is 0 Å². The normalized spacial score (nSPS) is 17.4. The van der Waals surface area contributed by atoms with E-state index in [4.69, 9.17) is 4.74 Å². The van der Waals surface area contributed by atoms with E-state index in [0.29, 0.717) is 49.6 Å². The van der Waals surface area contributed by atoms with E-state index in [-0.39, 0.29) is 29.9 Å². The van der Waals surface area contributed by atoms with Crippen molar-refractivity contribution in [3.63, 3.8) is 0 Å². The average molecular weight is 572 g/mol. The second-order valence-electron chi connectivity index (χ2n) is 10.3. The quantitative estimate of drug-likeness (QED) is 0.356. The Morgan fingerprint density at radius 1 is 0.952 bits per heavy atom. The number of carboxylic acid groups (broad SMARTS) is 1. The fourth-order valence-electron chi connectivity index (χ4n) is 5.23. The minimum Gasteiger partial charge on any atom is -0.481 e. The van der Waals surface area contributed by atoms with Crippen LogP contribution in [-0.4, -0.2) is 77.6 Å². The first-order chi connectivity index (χ1) is 20.4. The molecule has 1 aromatic heterocycles. The number of carboxylic acids is 1. The van der Waals surface area contributed by atoms with Gasteiger partial charge in [-0.05, 0) is 54.8 Å². The number of hydrogen-bond acceptors (Lipinski definition) is 7. The molecule has 0 bridgehead atoms. The van der Waals surface area contributed by atoms with Gasteiger partial charge in [-0.1, -0.05) is 24.3 Å². The highest BCUT2D eigenvalue weighted by Crippen LogP contribution is 2.30. The maximum atomic E-state index is 13.3. The van der Waals surface area contributed by atoms with Gasteiger partial charge >= 0.3 is 5.97 Å². The molecule has 2 atom stereocenters. The SMILES string of the molecule is O=C(O)CC(NC(=O)c1ccc(N2CCN(C(=O)C3CCCO3)CC2)c(NC(=O)c2ccccc2)c1)c1cccnc1. The molecule has 3 amide bonds. The van der Waals surface area contributed by atoms with Gasteiger partial charge in [-0.2, -0.15) is 0 Å². The van der Waals surface area contributed by atoms with Crippen LogP contribution in [-0.2, 0) is 14.3 Å². The molecule has 11 nitrogen and oxygen atoms in total. The van der Waals surface area contributed by atoms with Crippen molar-refractivity contribution in [3.05, 3.63) is 89.7 Å². The van der Waals surface area contributed by atoms with Gasteiger partial charge in [0.05, 0.1) is 23.8 Å². The van der Waals surface area contributed by atoms with Gasteiger partial charge in [0.1, 0.15) is 6.10 Å². The summed E-state index contributed by atoms with van der Waals surface area (Å²) in [6.45, 7) is 2.71. The lowest BCUT2D eigenvalue weighted by atomic mass is 10.0. The summed E-state index contributed by atoms with van der Waals surface area (Å²) >= 11 is 0. The minimum absolute atomic E-state index is 0.0151. The van der Waals surface area contributed by atoms with Crippen LogP contribution < -0.4 is 15.5 Å². The van der Waals surface area contributed by atoms with E-state index in [9.17, 15) is 24.3 Å². The fraction of sp³-hybridized carbons (Fsp3) is 0.323. The highest BCUT2D eigenvalue weighted by atomic mass is 16.5. The van der Waals surface area contributed by atoms with Crippen LogP contribution in [0.25, 0.3) is 0 Å². The number of nitrogens with zero attached hydrogens (tertiary/aromatic N) is 3. The zero-order valence-electron chi connectivity index (χ0n) is 23.1. The third kappa shape index (κ3) is 6.92. The summed E-state index contributed by atoms with van der Waals surface area (Å²) in [5.41, 5.74) is 2.44. The zero-order valence-corrected chi connectivity index (χ0v) is 23.1. The van der Waals surface area contributed by atoms with Crippen LogP contribution in [0, 0.1) is 0 Å². The van der Waals surface area contributed by atoms with Gasteiger partial charge in [-0.25, -0.2) is 0 Å². The highest BCUT2D eigenvalue weighted by molar-refractivity contribution is 6.07. The van der Waals surface area contributed by atoms with Crippen LogP contribution in [0.5, 0.6) is 0 Å². The largest absolute Gasteiger partial charge is 0.481 e. The number of aromatic nitrogens is 1. The molecule has 218 valence electrons. The summed E-state index contributed by atoms with van der Waals surface area (Å²) in [6, 6.07) is 16.4. The number of carbonyl (C=O) groups excluding carboxylic acids is 3. The molecule has 2 aliphatic heterocycles. The van der Waals surface area contributed by atoms with E-state index in [0.717, 1.165) is 18.5 Å². The Hall–Kier alpha value is -4.77. The second-order valence-corrected chi connectivity index (χ2v) is 10.3. The number of benzene rings is 2. The number of nitrogens with one attached hydrogen (secondary N) is 2. The van der Waals surface area contributed by atoms with Crippen molar-refractivity contribution < 1.29 is 29.0 Å². The number of aliphatic carboxylic acids is 1. The molecule has 2 fully saturated rings. The smallest absolute Gasteiger partial charge is 0.305 e. The standard InChI is InChI=1S/C31H33N5O6/c37-28(38)19-24(23-8-4-12-32-20-23)33-30(40)22-10-11-26(25(18-22)34-29(39)21-6-2-1-3-7-21)35-13-15-36(16-14-35)31(41)27-9-5-17-42-27/h1-4,6-8,10-12,18,20,24,27H,5,9,13-17,19H2,(H,33,40)(H,34,39)(H,37,38). The molecule has 3 aromatic rings. The van der Waals surface area contributed by atoms with Crippen molar-refractivity contribution in [2.75, 3.05) is 43.0 Å². The third-order valence-electron chi connectivity index (χ3n) is 7.45. The lowest BCUT2D eigenvalue weighted by Gasteiger charge is -2.37. The van der Waals surface area contributed by atoms with Crippen molar-refractivity contribution in [2.24, 2.45) is 0 Å². The van der Waals surface area contributed by atoms with Crippen molar-refractivity contribution in [1.29, 1.82) is 0 Å². The van der Waals surface area contributed by atoms with E-state index >= 15 is 0 Å². The van der Waals surface area contributed by atoms with Gasteiger partial charge in [0.25, 0.3) is 17.7 Å². The minimum atomic E-state index is -1.06. The monoisotopic (exact) mass is 571 g/mol. The molecule has 2 saturated heterocycles. The number of piperazine rings is 1. The Morgan fingerprint density at radius 2 is 1.74 bits per heavy atom. The molecular weight excluding hydrogens is 538 g/mol. The molecule has 2 unspecified atom stereocenters. The molecule has 3 N–H and O–H groups in total. The summed E-state index contributed by atoms with van der Waals surface area (Å²) in [4.78, 5) is 58.8. The van der Waals surface area contributed by atoms with Crippen molar-refractivity contribution in [3.8, 4) is 0 Å². The molecule has 0 saturated carbocycles. The summed E-state index contributed by atoms with van der Waals surface area (Å²) < 4.78 is 5.57. The van der Waals surface area contributed by atoms with Crippen molar-refractivity contribution in [2.45, 2.75) is 31.4 Å². The maximum Gasteiger partial charge on any atom is 0.305 e. The van der Waals surface area contributed by atoms with Crippen LogP contribution in [0.3, 0.4) is 0 Å². The molecule has 3 heterocycles. The van der Waals surface area contributed by atoms with Crippen molar-refractivity contribution >= 4 is 35.1 Å². The Morgan fingerprint density at radius 3 is 2.40 bits per heavy atom. The third-order valence-corrected chi connectivity index (χ3v) is 7.45. The number of rotatable bonds is 9. The molecule has 11 heteroatoms. The molecule has 2 aromatic carbocycles. The van der Waals surface area contributed by atoms with Crippen LogP contribution in [0.4, 0.5) is 11.4 Å². The number of amides is 3. The topological polar surface area (TPSA) is 141 Å². The van der Waals surface area contributed by atoms with Gasteiger partial charge in [0, 0.05) is 56.3 Å². The van der Waals surface area contributed by atoms with Gasteiger partial charge < -0.3 is 30.3 Å². The van der Waals surface area contributed by atoms with E-state index < -0.39 is 17.9 Å². The average Bonchev–Trinajstić information content (AvgIpc) is 3.56. The van der Waals surface area contributed by atoms with E-state index in [1.54, 1.807) is 60.8 Å². The predicted molar refractivity (Wildman–Crippen MR) is 155 cm³/mol. The Kier molecular flexibility index (Phi) is 9.08. The first kappa shape index (κ1) is 28.7.